The van der Waals surface area contributed by atoms with Crippen LogP contribution in [0.25, 0.3) is 0 Å². The topological polar surface area (TPSA) is 149 Å². The van der Waals surface area contributed by atoms with Crippen LogP contribution in [-0.2, 0) is 14.3 Å². The SMILES string of the molecule is CCCCCC/C=C\CCCC(=O)NC(COC1OC(CO)C(O)C(O)C1O)C(O)/C=C/CC/C=C/CC/C=C/CCCCCCC. The first kappa shape index (κ1) is 43.2. The van der Waals surface area contributed by atoms with Crippen molar-refractivity contribution in [1.82, 2.24) is 5.32 Å². The van der Waals surface area contributed by atoms with Crippen LogP contribution in [0.4, 0.5) is 0 Å². The molecule has 0 aromatic heterocycles. The minimum absolute atomic E-state index is 0.218. The number of nitrogens with one attached hydrogen (secondary N) is 1. The van der Waals surface area contributed by atoms with E-state index in [1.807, 2.05) is 6.08 Å². The number of amides is 1. The van der Waals surface area contributed by atoms with Crippen molar-refractivity contribution in [2.75, 3.05) is 13.2 Å². The Morgan fingerprint density at radius 3 is 1.79 bits per heavy atom. The van der Waals surface area contributed by atoms with Gasteiger partial charge in [-0.1, -0.05) is 107 Å². The number of hydrogen-bond donors (Lipinski definition) is 6. The monoisotopic (exact) mass is 665 g/mol. The molecule has 0 aromatic carbocycles. The Balaban J connectivity index is 2.55. The normalized spacial score (nSPS) is 23.4. The Bertz CT molecular complexity index is 874. The molecule has 47 heavy (non-hydrogen) atoms. The third kappa shape index (κ3) is 21.0. The summed E-state index contributed by atoms with van der Waals surface area (Å²) in [7, 11) is 0. The van der Waals surface area contributed by atoms with Crippen molar-refractivity contribution < 1.29 is 39.8 Å². The first-order chi connectivity index (χ1) is 22.8. The predicted octanol–water partition coefficient (Wildman–Crippen LogP) is 5.94. The maximum absolute atomic E-state index is 12.8. The Labute approximate surface area is 284 Å². The molecule has 9 heteroatoms. The summed E-state index contributed by atoms with van der Waals surface area (Å²) in [6.07, 6.45) is 27.4. The smallest absolute Gasteiger partial charge is 0.220 e. The van der Waals surface area contributed by atoms with E-state index in [2.05, 4.69) is 55.6 Å². The van der Waals surface area contributed by atoms with E-state index >= 15 is 0 Å². The second-order valence-electron chi connectivity index (χ2n) is 12.6. The van der Waals surface area contributed by atoms with Crippen LogP contribution in [0.1, 0.15) is 129 Å². The molecule has 1 saturated heterocycles. The van der Waals surface area contributed by atoms with Crippen molar-refractivity contribution in [3.8, 4) is 0 Å². The molecule has 1 amide bonds. The Hall–Kier alpha value is -1.85. The first-order valence-corrected chi connectivity index (χ1v) is 18.4. The molecule has 0 spiro atoms. The molecule has 7 atom stereocenters. The van der Waals surface area contributed by atoms with Gasteiger partial charge in [0.2, 0.25) is 5.91 Å². The van der Waals surface area contributed by atoms with Crippen LogP contribution in [0.3, 0.4) is 0 Å². The maximum atomic E-state index is 12.8. The fourth-order valence-electron chi connectivity index (χ4n) is 5.31. The van der Waals surface area contributed by atoms with E-state index in [1.165, 1.54) is 57.8 Å². The summed E-state index contributed by atoms with van der Waals surface area (Å²) < 4.78 is 11.1. The number of carbonyl (C=O) groups is 1. The molecule has 1 aliphatic rings. The van der Waals surface area contributed by atoms with Crippen molar-refractivity contribution in [3.05, 3.63) is 48.6 Å². The highest BCUT2D eigenvalue weighted by Gasteiger charge is 2.44. The summed E-state index contributed by atoms with van der Waals surface area (Å²) in [6.45, 7) is 3.63. The summed E-state index contributed by atoms with van der Waals surface area (Å²) in [4.78, 5) is 12.8. The van der Waals surface area contributed by atoms with Crippen molar-refractivity contribution >= 4 is 5.91 Å². The number of hydrogen-bond acceptors (Lipinski definition) is 8. The summed E-state index contributed by atoms with van der Waals surface area (Å²) >= 11 is 0. The first-order valence-electron chi connectivity index (χ1n) is 18.4. The van der Waals surface area contributed by atoms with Gasteiger partial charge < -0.3 is 40.3 Å². The summed E-state index contributed by atoms with van der Waals surface area (Å²) in [5.41, 5.74) is 0. The van der Waals surface area contributed by atoms with E-state index in [0.717, 1.165) is 44.9 Å². The number of allylic oxidation sites excluding steroid dienone is 7. The maximum Gasteiger partial charge on any atom is 0.220 e. The van der Waals surface area contributed by atoms with E-state index in [0.29, 0.717) is 6.42 Å². The zero-order valence-electron chi connectivity index (χ0n) is 29.3. The van der Waals surface area contributed by atoms with Gasteiger partial charge in [-0.15, -0.1) is 0 Å². The molecule has 0 bridgehead atoms. The molecule has 1 aliphatic heterocycles. The van der Waals surface area contributed by atoms with Crippen LogP contribution in [0, 0.1) is 0 Å². The lowest BCUT2D eigenvalue weighted by molar-refractivity contribution is -0.302. The second-order valence-corrected chi connectivity index (χ2v) is 12.6. The van der Waals surface area contributed by atoms with E-state index in [9.17, 15) is 30.3 Å². The zero-order chi connectivity index (χ0) is 34.5. The molecule has 7 unspecified atom stereocenters. The van der Waals surface area contributed by atoms with Gasteiger partial charge in [0.1, 0.15) is 24.4 Å². The summed E-state index contributed by atoms with van der Waals surface area (Å²) in [5, 5.41) is 53.7. The van der Waals surface area contributed by atoms with Crippen molar-refractivity contribution in [2.45, 2.75) is 172 Å². The molecule has 1 heterocycles. The molecular weight excluding hydrogens is 598 g/mol. The fraction of sp³-hybridized carbons (Fsp3) is 0.763. The average molecular weight is 666 g/mol. The highest BCUT2D eigenvalue weighted by Crippen LogP contribution is 2.22. The molecule has 9 nitrogen and oxygen atoms in total. The molecule has 6 N–H and O–H groups in total. The highest BCUT2D eigenvalue weighted by molar-refractivity contribution is 5.76. The van der Waals surface area contributed by atoms with Crippen LogP contribution in [-0.4, -0.2) is 87.5 Å². The van der Waals surface area contributed by atoms with Crippen molar-refractivity contribution in [1.29, 1.82) is 0 Å². The van der Waals surface area contributed by atoms with Gasteiger partial charge in [-0.2, -0.15) is 0 Å². The van der Waals surface area contributed by atoms with E-state index in [4.69, 9.17) is 9.47 Å². The zero-order valence-corrected chi connectivity index (χ0v) is 29.3. The Morgan fingerprint density at radius 1 is 0.702 bits per heavy atom. The second kappa shape index (κ2) is 29.1. The molecule has 0 radical (unpaired) electrons. The van der Waals surface area contributed by atoms with Crippen molar-refractivity contribution in [3.63, 3.8) is 0 Å². The summed E-state index contributed by atoms with van der Waals surface area (Å²) in [5.74, 6) is -0.232. The van der Waals surface area contributed by atoms with E-state index in [-0.39, 0.29) is 18.9 Å². The standard InChI is InChI=1S/C38H67NO8/c1-3-5-7-9-11-13-14-15-16-17-18-20-21-23-25-27-32(41)31(30-46-38-37(45)36(44)35(43)33(29-40)47-38)39-34(42)28-26-24-22-19-12-10-8-6-4-2/h14-15,18-20,22,25,27,31-33,35-38,40-41,43-45H,3-13,16-17,21,23-24,26,28-30H2,1-2H3,(H,39,42)/b15-14+,20-18+,22-19-,27-25+. The minimum Gasteiger partial charge on any atom is -0.394 e. The molecule has 1 rings (SSSR count). The molecular formula is C38H67NO8. The highest BCUT2D eigenvalue weighted by atomic mass is 16.7. The quantitative estimate of drug-likeness (QED) is 0.0445. The average Bonchev–Trinajstić information content (AvgIpc) is 3.07. The van der Waals surface area contributed by atoms with Gasteiger partial charge in [0.15, 0.2) is 6.29 Å². The van der Waals surface area contributed by atoms with Gasteiger partial charge in [-0.05, 0) is 64.2 Å². The molecule has 1 fully saturated rings. The van der Waals surface area contributed by atoms with Crippen LogP contribution < -0.4 is 5.32 Å². The van der Waals surface area contributed by atoms with Gasteiger partial charge in [-0.25, -0.2) is 0 Å². The van der Waals surface area contributed by atoms with Gasteiger partial charge in [0.05, 0.1) is 25.4 Å². The largest absolute Gasteiger partial charge is 0.394 e. The number of unbranched alkanes of at least 4 members (excludes halogenated alkanes) is 12. The fourth-order valence-corrected chi connectivity index (χ4v) is 5.31. The summed E-state index contributed by atoms with van der Waals surface area (Å²) in [6, 6.07) is -0.839. The number of aliphatic hydroxyl groups excluding tert-OH is 5. The molecule has 0 aromatic rings. The molecule has 272 valence electrons. The third-order valence-electron chi connectivity index (χ3n) is 8.35. The van der Waals surface area contributed by atoms with Gasteiger partial charge in [0.25, 0.3) is 0 Å². The van der Waals surface area contributed by atoms with E-state index in [1.54, 1.807) is 6.08 Å². The lowest BCUT2D eigenvalue weighted by atomic mass is 9.99. The van der Waals surface area contributed by atoms with Gasteiger partial charge >= 0.3 is 0 Å². The molecule has 0 saturated carbocycles. The number of rotatable bonds is 28. The van der Waals surface area contributed by atoms with Crippen LogP contribution in [0.2, 0.25) is 0 Å². The third-order valence-corrected chi connectivity index (χ3v) is 8.35. The number of carbonyl (C=O) groups excluding carboxylic acids is 1. The Kier molecular flexibility index (Phi) is 26.7. The van der Waals surface area contributed by atoms with Gasteiger partial charge in [-0.3, -0.25) is 4.79 Å². The lowest BCUT2D eigenvalue weighted by Crippen LogP contribution is -2.60. The number of aliphatic hydroxyl groups is 5. The van der Waals surface area contributed by atoms with Crippen LogP contribution >= 0.6 is 0 Å². The lowest BCUT2D eigenvalue weighted by Gasteiger charge is -2.40. The van der Waals surface area contributed by atoms with Gasteiger partial charge in [0, 0.05) is 6.42 Å². The minimum atomic E-state index is -1.58. The Morgan fingerprint density at radius 2 is 1.21 bits per heavy atom. The van der Waals surface area contributed by atoms with Crippen molar-refractivity contribution in [2.24, 2.45) is 0 Å². The predicted molar refractivity (Wildman–Crippen MR) is 189 cm³/mol. The van der Waals surface area contributed by atoms with Crippen LogP contribution in [0.15, 0.2) is 48.6 Å². The molecule has 0 aliphatic carbocycles. The van der Waals surface area contributed by atoms with Crippen LogP contribution in [0.5, 0.6) is 0 Å². The number of ether oxygens (including phenoxy) is 2. The van der Waals surface area contributed by atoms with E-state index < -0.39 is 49.5 Å².